The molecule has 4 aromatic rings. The molecule has 0 aliphatic carbocycles. The minimum atomic E-state index is -0.790. The Kier molecular flexibility index (Phi) is 8.35. The van der Waals surface area contributed by atoms with Crippen molar-refractivity contribution in [1.82, 2.24) is 10.3 Å². The molecule has 0 bridgehead atoms. The van der Waals surface area contributed by atoms with Crippen molar-refractivity contribution in [3.63, 3.8) is 0 Å². The van der Waals surface area contributed by atoms with E-state index in [-0.39, 0.29) is 18.4 Å². The van der Waals surface area contributed by atoms with Crippen molar-refractivity contribution < 1.29 is 19.4 Å². The molecule has 2 amide bonds. The van der Waals surface area contributed by atoms with Gasteiger partial charge in [-0.3, -0.25) is 4.79 Å². The van der Waals surface area contributed by atoms with Crippen LogP contribution in [0.25, 0.3) is 21.8 Å². The maximum absolute atomic E-state index is 13.3. The zero-order valence-electron chi connectivity index (χ0n) is 23.0. The van der Waals surface area contributed by atoms with E-state index in [2.05, 4.69) is 16.0 Å². The number of aromatic nitrogens is 1. The first-order valence-corrected chi connectivity index (χ1v) is 13.1. The molecule has 8 heteroatoms. The van der Waals surface area contributed by atoms with Crippen LogP contribution in [0.5, 0.6) is 0 Å². The highest BCUT2D eigenvalue weighted by atomic mass is 16.6. The van der Waals surface area contributed by atoms with E-state index >= 15 is 0 Å². The number of aliphatic hydroxyl groups excluding tert-OH is 1. The molecule has 8 nitrogen and oxygen atoms in total. The van der Waals surface area contributed by atoms with E-state index in [1.165, 1.54) is 0 Å². The third kappa shape index (κ3) is 7.23. The Morgan fingerprint density at radius 3 is 2.08 bits per heavy atom. The Hall–Kier alpha value is -4.17. The third-order valence-corrected chi connectivity index (χ3v) is 6.01. The van der Waals surface area contributed by atoms with E-state index in [9.17, 15) is 14.7 Å². The number of anilines is 3. The number of hydrogen-bond acceptors (Lipinski definition) is 6. The summed E-state index contributed by atoms with van der Waals surface area (Å²) in [5.41, 5.74) is 3.73. The molecule has 1 aromatic heterocycles. The van der Waals surface area contributed by atoms with Crippen LogP contribution in [0.2, 0.25) is 0 Å². The Bertz CT molecular complexity index is 1440. The van der Waals surface area contributed by atoms with Gasteiger partial charge in [0.1, 0.15) is 11.6 Å². The van der Waals surface area contributed by atoms with Crippen molar-refractivity contribution in [3.05, 3.63) is 72.3 Å². The van der Waals surface area contributed by atoms with Gasteiger partial charge in [-0.15, -0.1) is 0 Å². The number of aliphatic hydroxyl groups is 1. The third-order valence-electron chi connectivity index (χ3n) is 6.01. The molecule has 4 N–H and O–H groups in total. The maximum Gasteiger partial charge on any atom is 0.408 e. The molecule has 0 saturated carbocycles. The molecule has 1 heterocycles. The Balaban J connectivity index is 1.64. The number of amides is 2. The van der Waals surface area contributed by atoms with Crippen LogP contribution in [0.3, 0.4) is 0 Å². The van der Waals surface area contributed by atoms with Gasteiger partial charge >= 0.3 is 6.09 Å². The number of rotatable bonds is 8. The van der Waals surface area contributed by atoms with Crippen LogP contribution in [0.1, 0.15) is 46.6 Å². The summed E-state index contributed by atoms with van der Waals surface area (Å²) in [5, 5.41) is 21.0. The lowest BCUT2D eigenvalue weighted by molar-refractivity contribution is -0.118. The minimum absolute atomic E-state index is 0.157. The predicted molar refractivity (Wildman–Crippen MR) is 156 cm³/mol. The van der Waals surface area contributed by atoms with Crippen molar-refractivity contribution in [1.29, 1.82) is 0 Å². The molecular weight excluding hydrogens is 492 g/mol. The van der Waals surface area contributed by atoms with E-state index in [1.54, 1.807) is 32.9 Å². The summed E-state index contributed by atoms with van der Waals surface area (Å²) in [7, 11) is 0. The van der Waals surface area contributed by atoms with Crippen molar-refractivity contribution in [2.24, 2.45) is 5.92 Å². The molecule has 204 valence electrons. The van der Waals surface area contributed by atoms with Gasteiger partial charge in [0.2, 0.25) is 5.91 Å². The molecule has 1 unspecified atom stereocenters. The van der Waals surface area contributed by atoms with Gasteiger partial charge in [-0.05, 0) is 69.0 Å². The number of pyridine rings is 1. The summed E-state index contributed by atoms with van der Waals surface area (Å²) in [6, 6.07) is 20.4. The fourth-order valence-electron chi connectivity index (χ4n) is 4.43. The molecule has 0 fully saturated rings. The normalized spacial score (nSPS) is 12.4. The molecule has 0 saturated heterocycles. The Morgan fingerprint density at radius 2 is 1.51 bits per heavy atom. The summed E-state index contributed by atoms with van der Waals surface area (Å²) < 4.78 is 5.36. The second kappa shape index (κ2) is 11.7. The molecule has 4 rings (SSSR count). The fraction of sp³-hybridized carbons (Fsp3) is 0.323. The first-order chi connectivity index (χ1) is 18.5. The van der Waals surface area contributed by atoms with E-state index in [0.29, 0.717) is 23.4 Å². The second-order valence-electron chi connectivity index (χ2n) is 11.0. The molecular formula is C31H36N4O4. The monoisotopic (exact) mass is 528 g/mol. The average molecular weight is 529 g/mol. The first kappa shape index (κ1) is 27.9. The fourth-order valence-corrected chi connectivity index (χ4v) is 4.43. The Morgan fingerprint density at radius 1 is 0.923 bits per heavy atom. The highest BCUT2D eigenvalue weighted by Gasteiger charge is 2.25. The van der Waals surface area contributed by atoms with Gasteiger partial charge in [0.05, 0.1) is 23.3 Å². The van der Waals surface area contributed by atoms with Crippen LogP contribution in [0.15, 0.2) is 66.7 Å². The zero-order valence-corrected chi connectivity index (χ0v) is 23.0. The number of carbonyl (C=O) groups is 2. The molecule has 3 aromatic carbocycles. The highest BCUT2D eigenvalue weighted by molar-refractivity contribution is 6.08. The number of hydrogen-bond donors (Lipinski definition) is 4. The topological polar surface area (TPSA) is 113 Å². The lowest BCUT2D eigenvalue weighted by Crippen LogP contribution is -2.46. The van der Waals surface area contributed by atoms with E-state index in [0.717, 1.165) is 27.5 Å². The van der Waals surface area contributed by atoms with Crippen molar-refractivity contribution in [2.75, 3.05) is 10.6 Å². The van der Waals surface area contributed by atoms with Crippen molar-refractivity contribution >= 4 is 50.9 Å². The van der Waals surface area contributed by atoms with Crippen LogP contribution < -0.4 is 16.0 Å². The zero-order chi connectivity index (χ0) is 28.2. The molecule has 39 heavy (non-hydrogen) atoms. The van der Waals surface area contributed by atoms with Gasteiger partial charge in [0.15, 0.2) is 0 Å². The number of carbonyl (C=O) groups excluding carboxylic acids is 2. The summed E-state index contributed by atoms with van der Waals surface area (Å²) in [6.07, 6.45) is -0.212. The lowest BCUT2D eigenvalue weighted by atomic mass is 10.0. The van der Waals surface area contributed by atoms with E-state index in [4.69, 9.17) is 9.72 Å². The number of fused-ring (bicyclic) bond motifs is 2. The van der Waals surface area contributed by atoms with Crippen LogP contribution in [0.4, 0.5) is 21.9 Å². The average Bonchev–Trinajstić information content (AvgIpc) is 2.86. The molecule has 1 atom stereocenters. The predicted octanol–water partition coefficient (Wildman–Crippen LogP) is 6.50. The van der Waals surface area contributed by atoms with Crippen molar-refractivity contribution in [3.8, 4) is 0 Å². The summed E-state index contributed by atoms with van der Waals surface area (Å²) >= 11 is 0. The maximum atomic E-state index is 13.3. The van der Waals surface area contributed by atoms with Gasteiger partial charge in [-0.1, -0.05) is 50.2 Å². The Labute approximate surface area is 228 Å². The van der Waals surface area contributed by atoms with Gasteiger partial charge in [0, 0.05) is 22.1 Å². The molecule has 0 aliphatic rings. The number of ether oxygens (including phenoxy) is 1. The number of nitrogens with zero attached hydrogens (tertiary/aromatic N) is 1. The molecule has 0 radical (unpaired) electrons. The van der Waals surface area contributed by atoms with Crippen molar-refractivity contribution in [2.45, 2.75) is 59.3 Å². The first-order valence-electron chi connectivity index (χ1n) is 13.1. The van der Waals surface area contributed by atoms with Crippen LogP contribution in [0, 0.1) is 5.92 Å². The summed E-state index contributed by atoms with van der Waals surface area (Å²) in [6.45, 7) is 9.07. The van der Waals surface area contributed by atoms with Crippen LogP contribution >= 0.6 is 0 Å². The summed E-state index contributed by atoms with van der Waals surface area (Å²) in [5.74, 6) is -0.208. The molecule has 0 aliphatic heterocycles. The standard InChI is InChI=1S/C31H36N4O4/c1-19(2)14-27(35-30(38)39-31(3,4)5)29(37)33-22-16-20(18-36)15-21(17-22)32-28-23-10-6-8-12-25(23)34-26-13-9-7-11-24(26)28/h6-13,15-17,19,27,36H,14,18H2,1-5H3,(H,32,34)(H,33,37)(H,35,38). The van der Waals surface area contributed by atoms with E-state index in [1.807, 2.05) is 68.4 Å². The quantitative estimate of drug-likeness (QED) is 0.194. The smallest absolute Gasteiger partial charge is 0.408 e. The lowest BCUT2D eigenvalue weighted by Gasteiger charge is -2.24. The van der Waals surface area contributed by atoms with Gasteiger partial charge in [0.25, 0.3) is 0 Å². The largest absolute Gasteiger partial charge is 0.444 e. The van der Waals surface area contributed by atoms with Gasteiger partial charge in [-0.2, -0.15) is 0 Å². The summed E-state index contributed by atoms with van der Waals surface area (Å²) in [4.78, 5) is 30.5. The van der Waals surface area contributed by atoms with Gasteiger partial charge in [-0.25, -0.2) is 9.78 Å². The highest BCUT2D eigenvalue weighted by Crippen LogP contribution is 2.34. The van der Waals surface area contributed by atoms with Gasteiger partial charge < -0.3 is 25.8 Å². The number of alkyl carbamates (subject to hydrolysis) is 1. The SMILES string of the molecule is CC(C)CC(NC(=O)OC(C)(C)C)C(=O)Nc1cc(CO)cc(Nc2c3ccccc3nc3ccccc23)c1. The molecule has 0 spiro atoms. The van der Waals surface area contributed by atoms with Crippen LogP contribution in [-0.4, -0.2) is 33.7 Å². The minimum Gasteiger partial charge on any atom is -0.444 e. The number of nitrogens with one attached hydrogen (secondary N) is 3. The number of para-hydroxylation sites is 2. The second-order valence-corrected chi connectivity index (χ2v) is 11.0. The number of benzene rings is 3. The van der Waals surface area contributed by atoms with Crippen LogP contribution in [-0.2, 0) is 16.1 Å². The van der Waals surface area contributed by atoms with E-state index < -0.39 is 17.7 Å².